The van der Waals surface area contributed by atoms with Gasteiger partial charge in [0.25, 0.3) is 5.91 Å². The molecule has 4 heteroatoms. The Bertz CT molecular complexity index is 456. The molecule has 1 amide bonds. The standard InChI is InChI=1S/C16H25ClN2O/c1-5-12(6-2)19(10-11(3)4)16(20)13-8-7-9-14(18)15(13)17/h7-9,11-12H,5-6,10,18H2,1-4H3. The van der Waals surface area contributed by atoms with Crippen molar-refractivity contribution in [2.45, 2.75) is 46.6 Å². The first-order valence-electron chi connectivity index (χ1n) is 7.27. The maximum Gasteiger partial charge on any atom is 0.255 e. The number of nitrogens with zero attached hydrogens (tertiary/aromatic N) is 1. The molecule has 0 aliphatic heterocycles. The SMILES string of the molecule is CCC(CC)N(CC(C)C)C(=O)c1cccc(N)c1Cl. The monoisotopic (exact) mass is 296 g/mol. The lowest BCUT2D eigenvalue weighted by Gasteiger charge is -2.32. The number of halogens is 1. The van der Waals surface area contributed by atoms with Gasteiger partial charge in [-0.15, -0.1) is 0 Å². The fourth-order valence-electron chi connectivity index (χ4n) is 2.39. The summed E-state index contributed by atoms with van der Waals surface area (Å²) < 4.78 is 0. The Balaban J connectivity index is 3.12. The zero-order valence-electron chi connectivity index (χ0n) is 12.8. The fraction of sp³-hybridized carbons (Fsp3) is 0.562. The van der Waals surface area contributed by atoms with Gasteiger partial charge in [0.15, 0.2) is 0 Å². The summed E-state index contributed by atoms with van der Waals surface area (Å²) in [5.41, 5.74) is 6.75. The number of rotatable bonds is 6. The lowest BCUT2D eigenvalue weighted by Crippen LogP contribution is -2.42. The fourth-order valence-corrected chi connectivity index (χ4v) is 2.60. The third-order valence-corrected chi connectivity index (χ3v) is 3.89. The molecule has 0 unspecified atom stereocenters. The van der Waals surface area contributed by atoms with Crippen LogP contribution in [0.1, 0.15) is 50.9 Å². The van der Waals surface area contributed by atoms with Crippen molar-refractivity contribution in [3.8, 4) is 0 Å². The lowest BCUT2D eigenvalue weighted by atomic mass is 10.0. The van der Waals surface area contributed by atoms with E-state index in [-0.39, 0.29) is 11.9 Å². The van der Waals surface area contributed by atoms with E-state index in [0.717, 1.165) is 19.4 Å². The van der Waals surface area contributed by atoms with Crippen LogP contribution in [0.25, 0.3) is 0 Å². The summed E-state index contributed by atoms with van der Waals surface area (Å²) in [7, 11) is 0. The van der Waals surface area contributed by atoms with Gasteiger partial charge >= 0.3 is 0 Å². The summed E-state index contributed by atoms with van der Waals surface area (Å²) in [6.07, 6.45) is 1.88. The van der Waals surface area contributed by atoms with E-state index >= 15 is 0 Å². The first-order chi connectivity index (χ1) is 9.42. The highest BCUT2D eigenvalue weighted by molar-refractivity contribution is 6.36. The first-order valence-corrected chi connectivity index (χ1v) is 7.65. The van der Waals surface area contributed by atoms with Crippen LogP contribution in [0.4, 0.5) is 5.69 Å². The molecule has 1 aromatic rings. The molecule has 0 atom stereocenters. The van der Waals surface area contributed by atoms with Crippen LogP contribution in [0.5, 0.6) is 0 Å². The molecule has 0 spiro atoms. The van der Waals surface area contributed by atoms with Crippen LogP contribution in [0.3, 0.4) is 0 Å². The number of carbonyl (C=O) groups is 1. The van der Waals surface area contributed by atoms with Crippen LogP contribution in [0.15, 0.2) is 18.2 Å². The minimum atomic E-state index is -0.0234. The Hall–Kier alpha value is -1.22. The molecule has 1 aromatic carbocycles. The van der Waals surface area contributed by atoms with Crippen molar-refractivity contribution in [2.75, 3.05) is 12.3 Å². The van der Waals surface area contributed by atoms with E-state index in [4.69, 9.17) is 17.3 Å². The second-order valence-corrected chi connectivity index (χ2v) is 5.91. The Morgan fingerprint density at radius 1 is 1.30 bits per heavy atom. The van der Waals surface area contributed by atoms with Crippen molar-refractivity contribution in [3.63, 3.8) is 0 Å². The van der Waals surface area contributed by atoms with Crippen molar-refractivity contribution in [3.05, 3.63) is 28.8 Å². The maximum atomic E-state index is 12.8. The van der Waals surface area contributed by atoms with E-state index in [1.54, 1.807) is 18.2 Å². The van der Waals surface area contributed by atoms with Gasteiger partial charge in [0.05, 0.1) is 16.3 Å². The lowest BCUT2D eigenvalue weighted by molar-refractivity contribution is 0.0640. The van der Waals surface area contributed by atoms with Gasteiger partial charge < -0.3 is 10.6 Å². The van der Waals surface area contributed by atoms with Gasteiger partial charge in [-0.05, 0) is 30.9 Å². The molecule has 0 heterocycles. The number of amides is 1. The number of nitrogen functional groups attached to an aromatic ring is 1. The van der Waals surface area contributed by atoms with E-state index in [0.29, 0.717) is 22.2 Å². The normalized spacial score (nSPS) is 11.2. The number of benzene rings is 1. The van der Waals surface area contributed by atoms with E-state index in [9.17, 15) is 4.79 Å². The van der Waals surface area contributed by atoms with E-state index in [2.05, 4.69) is 27.7 Å². The first kappa shape index (κ1) is 16.8. The summed E-state index contributed by atoms with van der Waals surface area (Å²) in [4.78, 5) is 14.7. The topological polar surface area (TPSA) is 46.3 Å². The second kappa shape index (κ2) is 7.53. The third-order valence-electron chi connectivity index (χ3n) is 3.46. The van der Waals surface area contributed by atoms with Crippen molar-refractivity contribution in [1.82, 2.24) is 4.90 Å². The van der Waals surface area contributed by atoms with Crippen LogP contribution in [0, 0.1) is 5.92 Å². The van der Waals surface area contributed by atoms with Gasteiger partial charge in [-0.25, -0.2) is 0 Å². The molecular formula is C16H25ClN2O. The number of carbonyl (C=O) groups excluding carboxylic acids is 1. The van der Waals surface area contributed by atoms with Crippen molar-refractivity contribution in [1.29, 1.82) is 0 Å². The van der Waals surface area contributed by atoms with Gasteiger partial charge in [0.1, 0.15) is 0 Å². The Labute approximate surface area is 127 Å². The molecule has 0 aliphatic carbocycles. The second-order valence-electron chi connectivity index (χ2n) is 5.53. The summed E-state index contributed by atoms with van der Waals surface area (Å²) in [5, 5.41) is 0.359. The highest BCUT2D eigenvalue weighted by Crippen LogP contribution is 2.26. The average molecular weight is 297 g/mol. The van der Waals surface area contributed by atoms with Crippen molar-refractivity contribution in [2.24, 2.45) is 5.92 Å². The zero-order valence-corrected chi connectivity index (χ0v) is 13.6. The van der Waals surface area contributed by atoms with E-state index in [1.165, 1.54) is 0 Å². The third kappa shape index (κ3) is 3.89. The van der Waals surface area contributed by atoms with Gasteiger partial charge in [-0.3, -0.25) is 4.79 Å². The Kier molecular flexibility index (Phi) is 6.34. The molecule has 0 saturated heterocycles. The average Bonchev–Trinajstić information content (AvgIpc) is 2.41. The molecule has 0 saturated carbocycles. The molecule has 20 heavy (non-hydrogen) atoms. The summed E-state index contributed by atoms with van der Waals surface area (Å²) in [5.74, 6) is 0.393. The largest absolute Gasteiger partial charge is 0.398 e. The van der Waals surface area contributed by atoms with Gasteiger partial charge in [-0.2, -0.15) is 0 Å². The molecule has 0 radical (unpaired) electrons. The maximum absolute atomic E-state index is 12.8. The predicted octanol–water partition coefficient (Wildman–Crippen LogP) is 4.21. The molecular weight excluding hydrogens is 272 g/mol. The molecule has 0 fully saturated rings. The smallest absolute Gasteiger partial charge is 0.255 e. The number of anilines is 1. The number of hydrogen-bond donors (Lipinski definition) is 1. The molecule has 0 aromatic heterocycles. The van der Waals surface area contributed by atoms with Crippen LogP contribution in [0.2, 0.25) is 5.02 Å². The predicted molar refractivity (Wildman–Crippen MR) is 86.1 cm³/mol. The Morgan fingerprint density at radius 3 is 2.40 bits per heavy atom. The molecule has 3 nitrogen and oxygen atoms in total. The van der Waals surface area contributed by atoms with Crippen LogP contribution in [-0.4, -0.2) is 23.4 Å². The number of nitrogens with two attached hydrogens (primary N) is 1. The minimum absolute atomic E-state index is 0.0234. The zero-order chi connectivity index (χ0) is 15.3. The van der Waals surface area contributed by atoms with Crippen molar-refractivity contribution < 1.29 is 4.79 Å². The van der Waals surface area contributed by atoms with Crippen LogP contribution < -0.4 is 5.73 Å². The van der Waals surface area contributed by atoms with E-state index < -0.39 is 0 Å². The molecule has 1 rings (SSSR count). The summed E-state index contributed by atoms with van der Waals surface area (Å²) in [6.45, 7) is 9.18. The number of hydrogen-bond acceptors (Lipinski definition) is 2. The molecule has 0 aliphatic rings. The van der Waals surface area contributed by atoms with Gasteiger partial charge in [0.2, 0.25) is 0 Å². The van der Waals surface area contributed by atoms with E-state index in [1.807, 2.05) is 4.90 Å². The molecule has 0 bridgehead atoms. The molecule has 2 N–H and O–H groups in total. The summed E-state index contributed by atoms with van der Waals surface area (Å²) in [6, 6.07) is 5.47. The van der Waals surface area contributed by atoms with Crippen LogP contribution >= 0.6 is 11.6 Å². The highest BCUT2D eigenvalue weighted by Gasteiger charge is 2.25. The quantitative estimate of drug-likeness (QED) is 0.799. The Morgan fingerprint density at radius 2 is 1.90 bits per heavy atom. The molecule has 112 valence electrons. The van der Waals surface area contributed by atoms with Crippen molar-refractivity contribution >= 4 is 23.2 Å². The minimum Gasteiger partial charge on any atom is -0.398 e. The van der Waals surface area contributed by atoms with Gasteiger partial charge in [-0.1, -0.05) is 45.4 Å². The highest BCUT2D eigenvalue weighted by atomic mass is 35.5. The summed E-state index contributed by atoms with van der Waals surface area (Å²) >= 11 is 6.19. The van der Waals surface area contributed by atoms with Gasteiger partial charge in [0, 0.05) is 12.6 Å². The van der Waals surface area contributed by atoms with Crippen LogP contribution in [-0.2, 0) is 0 Å².